The first-order chi connectivity index (χ1) is 27.4. The highest BCUT2D eigenvalue weighted by atomic mass is 32.2. The summed E-state index contributed by atoms with van der Waals surface area (Å²) in [4.78, 5) is 26.1. The Morgan fingerprint density at radius 2 is 1.46 bits per heavy atom. The molecule has 6 rings (SSSR count). The van der Waals surface area contributed by atoms with Crippen LogP contribution in [0.15, 0.2) is 126 Å². The lowest BCUT2D eigenvalue weighted by Crippen LogP contribution is -2.31. The monoisotopic (exact) mass is 773 g/mol. The normalized spacial score (nSPS) is 16.6. The van der Waals surface area contributed by atoms with Gasteiger partial charge in [0.15, 0.2) is 6.29 Å². The Balaban J connectivity index is 1.02. The van der Waals surface area contributed by atoms with Crippen molar-refractivity contribution in [3.63, 3.8) is 0 Å². The number of nitrogens with one attached hydrogen (secondary N) is 2. The Hall–Kier alpha value is -5.13. The second-order valence-electron chi connectivity index (χ2n) is 13.9. The van der Waals surface area contributed by atoms with Crippen LogP contribution in [0.2, 0.25) is 0 Å². The summed E-state index contributed by atoms with van der Waals surface area (Å²) in [7, 11) is 1.69. The molecule has 1 fully saturated rings. The van der Waals surface area contributed by atoms with E-state index in [1.54, 1.807) is 31.0 Å². The fourth-order valence-corrected chi connectivity index (χ4v) is 7.80. The number of carbonyl (C=O) groups excluding carboxylic acids is 2. The Morgan fingerprint density at radius 3 is 2.21 bits per heavy atom. The SMILES string of the molecule is COc1ccccc1SC[C@@H]1C[C@H](c2ccc(CO)cc2)O[C@H](c2ccc(-c3ccccc3CNC(=O)CCCCCCC(=O)Nc3ccccc3N)cc2)O1. The molecule has 1 heterocycles. The molecular formula is C46H51N3O6S. The maximum absolute atomic E-state index is 12.8. The Labute approximate surface area is 334 Å². The number of aliphatic hydroxyl groups is 1. The molecule has 10 heteroatoms. The van der Waals surface area contributed by atoms with Crippen molar-refractivity contribution in [3.8, 4) is 16.9 Å². The number of rotatable bonds is 18. The van der Waals surface area contributed by atoms with Crippen molar-refractivity contribution in [3.05, 3.63) is 144 Å². The number of para-hydroxylation sites is 3. The van der Waals surface area contributed by atoms with E-state index in [-0.39, 0.29) is 30.6 Å². The van der Waals surface area contributed by atoms with Gasteiger partial charge in [-0.05, 0) is 64.9 Å². The van der Waals surface area contributed by atoms with E-state index in [1.165, 1.54) is 0 Å². The van der Waals surface area contributed by atoms with Crippen molar-refractivity contribution in [2.75, 3.05) is 23.9 Å². The zero-order chi connectivity index (χ0) is 39.1. The average Bonchev–Trinajstić information content (AvgIpc) is 3.24. The van der Waals surface area contributed by atoms with Gasteiger partial charge in [0.25, 0.3) is 0 Å². The van der Waals surface area contributed by atoms with Crippen LogP contribution in [0.3, 0.4) is 0 Å². The van der Waals surface area contributed by atoms with Crippen molar-refractivity contribution in [1.82, 2.24) is 5.32 Å². The maximum atomic E-state index is 12.8. The molecule has 1 saturated heterocycles. The molecule has 0 aliphatic carbocycles. The van der Waals surface area contributed by atoms with Gasteiger partial charge in [0, 0.05) is 42.0 Å². The lowest BCUT2D eigenvalue weighted by atomic mass is 9.97. The number of unbranched alkanes of at least 4 members (excludes halogenated alkanes) is 3. The third kappa shape index (κ3) is 11.5. The number of hydrogen-bond acceptors (Lipinski definition) is 8. The molecule has 0 unspecified atom stereocenters. The molecule has 0 saturated carbocycles. The molecule has 1 aliphatic rings. The number of nitrogens with two attached hydrogens (primary N) is 1. The van der Waals surface area contributed by atoms with Gasteiger partial charge in [-0.1, -0.05) is 110 Å². The number of methoxy groups -OCH3 is 1. The highest BCUT2D eigenvalue weighted by molar-refractivity contribution is 7.99. The lowest BCUT2D eigenvalue weighted by molar-refractivity contribution is -0.245. The highest BCUT2D eigenvalue weighted by Crippen LogP contribution is 2.41. The number of anilines is 2. The first kappa shape index (κ1) is 40.5. The third-order valence-electron chi connectivity index (χ3n) is 9.89. The van der Waals surface area contributed by atoms with Crippen LogP contribution in [0.4, 0.5) is 11.4 Å². The highest BCUT2D eigenvalue weighted by Gasteiger charge is 2.32. The van der Waals surface area contributed by atoms with Crippen LogP contribution in [0, 0.1) is 0 Å². The molecule has 0 radical (unpaired) electrons. The lowest BCUT2D eigenvalue weighted by Gasteiger charge is -2.36. The number of carbonyl (C=O) groups is 2. The predicted octanol–water partition coefficient (Wildman–Crippen LogP) is 9.37. The molecular weight excluding hydrogens is 723 g/mol. The van der Waals surface area contributed by atoms with E-state index in [9.17, 15) is 14.7 Å². The zero-order valence-electron chi connectivity index (χ0n) is 31.8. The maximum Gasteiger partial charge on any atom is 0.224 e. The molecule has 5 aromatic carbocycles. The largest absolute Gasteiger partial charge is 0.496 e. The number of benzene rings is 5. The standard InChI is InChI=1S/C46H51N3O6S/c1-53-41-16-10-11-17-43(41)56-31-37-28-42(34-22-20-32(30-50)21-23-34)55-46(54-37)35-26-24-33(25-27-35)38-13-7-6-12-36(38)29-48-44(51)18-4-2-3-5-19-45(52)49-40-15-9-8-14-39(40)47/h6-17,20-27,37,42,46,50H,2-5,18-19,28-31,47H2,1H3,(H,48,51)(H,49,52)/t37-,42+,46+/m0/s1. The summed E-state index contributed by atoms with van der Waals surface area (Å²) in [5, 5.41) is 15.5. The van der Waals surface area contributed by atoms with Crippen LogP contribution in [0.1, 0.15) is 79.6 Å². The summed E-state index contributed by atoms with van der Waals surface area (Å²) in [5.74, 6) is 1.53. The van der Waals surface area contributed by atoms with E-state index in [4.69, 9.17) is 19.9 Å². The van der Waals surface area contributed by atoms with Crippen LogP contribution in [-0.2, 0) is 32.2 Å². The minimum absolute atomic E-state index is 0.00544. The van der Waals surface area contributed by atoms with Gasteiger partial charge in [-0.15, -0.1) is 11.8 Å². The number of amides is 2. The number of thioether (sulfide) groups is 1. The van der Waals surface area contributed by atoms with Gasteiger partial charge in [0.1, 0.15) is 5.75 Å². The van der Waals surface area contributed by atoms with Gasteiger partial charge in [-0.2, -0.15) is 0 Å². The topological polar surface area (TPSA) is 132 Å². The van der Waals surface area contributed by atoms with Gasteiger partial charge in [0.2, 0.25) is 11.8 Å². The van der Waals surface area contributed by atoms with Crippen LogP contribution in [0.5, 0.6) is 5.75 Å². The minimum atomic E-state index is -0.566. The number of nitrogen functional groups attached to an aromatic ring is 1. The van der Waals surface area contributed by atoms with E-state index in [2.05, 4.69) is 47.0 Å². The molecule has 0 spiro atoms. The molecule has 2 amide bonds. The van der Waals surface area contributed by atoms with Crippen LogP contribution in [-0.4, -0.2) is 35.9 Å². The average molecular weight is 774 g/mol. The second kappa shape index (κ2) is 20.7. The van der Waals surface area contributed by atoms with Crippen molar-refractivity contribution >= 4 is 35.0 Å². The zero-order valence-corrected chi connectivity index (χ0v) is 32.6. The van der Waals surface area contributed by atoms with Crippen molar-refractivity contribution in [2.24, 2.45) is 0 Å². The molecule has 5 aromatic rings. The number of ether oxygens (including phenoxy) is 3. The van der Waals surface area contributed by atoms with Gasteiger partial charge in [0.05, 0.1) is 37.3 Å². The molecule has 56 heavy (non-hydrogen) atoms. The summed E-state index contributed by atoms with van der Waals surface area (Å²) >= 11 is 1.71. The molecule has 292 valence electrons. The van der Waals surface area contributed by atoms with Gasteiger partial charge in [-0.3, -0.25) is 9.59 Å². The van der Waals surface area contributed by atoms with E-state index in [0.717, 1.165) is 75.5 Å². The van der Waals surface area contributed by atoms with Crippen molar-refractivity contribution in [2.45, 2.75) is 81.5 Å². The van der Waals surface area contributed by atoms with Gasteiger partial charge in [-0.25, -0.2) is 0 Å². The van der Waals surface area contributed by atoms with Crippen LogP contribution < -0.4 is 21.1 Å². The Morgan fingerprint density at radius 1 is 0.786 bits per heavy atom. The molecule has 5 N–H and O–H groups in total. The predicted molar refractivity (Wildman–Crippen MR) is 223 cm³/mol. The van der Waals surface area contributed by atoms with E-state index >= 15 is 0 Å². The quantitative estimate of drug-likeness (QED) is 0.0394. The van der Waals surface area contributed by atoms with Crippen LogP contribution >= 0.6 is 11.8 Å². The summed E-state index contributed by atoms with van der Waals surface area (Å²) in [5.41, 5.74) is 13.0. The number of hydrogen-bond donors (Lipinski definition) is 4. The van der Waals surface area contributed by atoms with E-state index in [1.807, 2.05) is 72.8 Å². The van der Waals surface area contributed by atoms with E-state index in [0.29, 0.717) is 37.2 Å². The summed E-state index contributed by atoms with van der Waals surface area (Å²) in [6, 6.07) is 39.5. The minimum Gasteiger partial charge on any atom is -0.496 e. The van der Waals surface area contributed by atoms with Crippen LogP contribution in [0.25, 0.3) is 11.1 Å². The second-order valence-corrected chi connectivity index (χ2v) is 15.0. The number of aliphatic hydroxyl groups excluding tert-OH is 1. The Kier molecular flexibility index (Phi) is 15.0. The van der Waals surface area contributed by atoms with Gasteiger partial charge < -0.3 is 35.7 Å². The first-order valence-corrected chi connectivity index (χ1v) is 20.2. The van der Waals surface area contributed by atoms with Crippen molar-refractivity contribution < 1.29 is 28.9 Å². The molecule has 9 nitrogen and oxygen atoms in total. The first-order valence-electron chi connectivity index (χ1n) is 19.3. The molecule has 3 atom stereocenters. The fourth-order valence-electron chi connectivity index (χ4n) is 6.75. The summed E-state index contributed by atoms with van der Waals surface area (Å²) < 4.78 is 18.8. The van der Waals surface area contributed by atoms with Crippen molar-refractivity contribution in [1.29, 1.82) is 0 Å². The molecule has 1 aliphatic heterocycles. The fraction of sp³-hybridized carbons (Fsp3) is 0.304. The summed E-state index contributed by atoms with van der Waals surface area (Å²) in [6.45, 7) is 0.422. The smallest absolute Gasteiger partial charge is 0.224 e. The Bertz CT molecular complexity index is 2020. The van der Waals surface area contributed by atoms with Gasteiger partial charge >= 0.3 is 0 Å². The molecule has 0 aromatic heterocycles. The summed E-state index contributed by atoms with van der Waals surface area (Å²) in [6.07, 6.45) is 4.01. The van der Waals surface area contributed by atoms with E-state index < -0.39 is 6.29 Å². The molecule has 0 bridgehead atoms. The third-order valence-corrected chi connectivity index (χ3v) is 11.1.